The van der Waals surface area contributed by atoms with Crippen molar-refractivity contribution in [3.8, 4) is 0 Å². The summed E-state index contributed by atoms with van der Waals surface area (Å²) in [5.74, 6) is -1.77. The lowest BCUT2D eigenvalue weighted by atomic mass is 9.72. The normalized spacial score (nSPS) is 23.9. The molecule has 1 aromatic heterocycles. The molecule has 1 aromatic rings. The fraction of sp³-hybridized carbons (Fsp3) is 0.700. The Morgan fingerprint density at radius 2 is 2.00 bits per heavy atom. The van der Waals surface area contributed by atoms with Crippen molar-refractivity contribution in [1.82, 2.24) is 9.97 Å². The Morgan fingerprint density at radius 3 is 2.47 bits per heavy atom. The number of rotatable bonds is 2. The lowest BCUT2D eigenvalue weighted by Gasteiger charge is -2.37. The molecule has 0 radical (unpaired) electrons. The Morgan fingerprint density at radius 1 is 1.33 bits per heavy atom. The average Bonchev–Trinajstić information content (AvgIpc) is 2.72. The molecule has 1 heterocycles. The fourth-order valence-electron chi connectivity index (χ4n) is 2.19. The van der Waals surface area contributed by atoms with Gasteiger partial charge in [0.05, 0.1) is 0 Å². The van der Waals surface area contributed by atoms with E-state index in [0.29, 0.717) is 19.4 Å². The van der Waals surface area contributed by atoms with Crippen LogP contribution in [0, 0.1) is 0 Å². The molecule has 15 heavy (non-hydrogen) atoms. The van der Waals surface area contributed by atoms with Gasteiger partial charge in [0.2, 0.25) is 5.92 Å². The van der Waals surface area contributed by atoms with Gasteiger partial charge in [-0.1, -0.05) is 0 Å². The van der Waals surface area contributed by atoms with Gasteiger partial charge in [-0.25, -0.2) is 13.8 Å². The molecule has 84 valence electrons. The van der Waals surface area contributed by atoms with Crippen LogP contribution in [-0.4, -0.2) is 22.4 Å². The summed E-state index contributed by atoms with van der Waals surface area (Å²) < 4.78 is 26.1. The first kappa shape index (κ1) is 10.5. The van der Waals surface area contributed by atoms with E-state index in [1.807, 2.05) is 0 Å². The number of nitrogens with zero attached hydrogens (tertiary/aromatic N) is 1. The molecule has 0 bridgehead atoms. The second-order valence-corrected chi connectivity index (χ2v) is 4.28. The predicted octanol–water partition coefficient (Wildman–Crippen LogP) is 1.82. The van der Waals surface area contributed by atoms with Crippen LogP contribution in [0.5, 0.6) is 0 Å². The largest absolute Gasteiger partial charge is 0.348 e. The Hall–Kier alpha value is -0.970. The molecule has 3 nitrogen and oxygen atoms in total. The molecule has 0 aliphatic heterocycles. The molecular weight excluding hydrogens is 200 g/mol. The van der Waals surface area contributed by atoms with Crippen molar-refractivity contribution in [3.05, 3.63) is 18.2 Å². The second kappa shape index (κ2) is 3.56. The van der Waals surface area contributed by atoms with Crippen molar-refractivity contribution in [1.29, 1.82) is 0 Å². The van der Waals surface area contributed by atoms with E-state index < -0.39 is 5.92 Å². The van der Waals surface area contributed by atoms with Gasteiger partial charge in [-0.3, -0.25) is 0 Å². The first-order valence-electron chi connectivity index (χ1n) is 5.16. The van der Waals surface area contributed by atoms with Crippen LogP contribution in [0.3, 0.4) is 0 Å². The van der Waals surface area contributed by atoms with Gasteiger partial charge >= 0.3 is 0 Å². The van der Waals surface area contributed by atoms with Crippen molar-refractivity contribution < 1.29 is 8.78 Å². The highest BCUT2D eigenvalue weighted by Gasteiger charge is 2.44. The Kier molecular flexibility index (Phi) is 2.50. The number of aromatic nitrogens is 2. The van der Waals surface area contributed by atoms with Gasteiger partial charge in [0.25, 0.3) is 0 Å². The molecule has 0 atom stereocenters. The number of hydrogen-bond donors (Lipinski definition) is 2. The number of halogens is 2. The smallest absolute Gasteiger partial charge is 0.248 e. The van der Waals surface area contributed by atoms with Crippen LogP contribution in [-0.2, 0) is 5.41 Å². The summed E-state index contributed by atoms with van der Waals surface area (Å²) in [5, 5.41) is 0. The lowest BCUT2D eigenvalue weighted by Crippen LogP contribution is -2.42. The molecule has 0 spiro atoms. The summed E-state index contributed by atoms with van der Waals surface area (Å²) in [6.07, 6.45) is 3.98. The maximum Gasteiger partial charge on any atom is 0.248 e. The second-order valence-electron chi connectivity index (χ2n) is 4.28. The van der Waals surface area contributed by atoms with E-state index in [-0.39, 0.29) is 18.3 Å². The minimum absolute atomic E-state index is 0.0924. The van der Waals surface area contributed by atoms with Crippen molar-refractivity contribution in [2.75, 3.05) is 6.54 Å². The summed E-state index contributed by atoms with van der Waals surface area (Å²) in [6.45, 7) is 0.372. The summed E-state index contributed by atoms with van der Waals surface area (Å²) in [5.41, 5.74) is 5.34. The van der Waals surface area contributed by atoms with E-state index in [4.69, 9.17) is 5.73 Å². The Bertz CT molecular complexity index is 311. The van der Waals surface area contributed by atoms with Crippen LogP contribution < -0.4 is 5.73 Å². The zero-order valence-electron chi connectivity index (χ0n) is 8.47. The van der Waals surface area contributed by atoms with Gasteiger partial charge < -0.3 is 10.7 Å². The zero-order chi connectivity index (χ0) is 10.9. The van der Waals surface area contributed by atoms with Crippen LogP contribution in [0.1, 0.15) is 31.5 Å². The van der Waals surface area contributed by atoms with Crippen molar-refractivity contribution in [3.63, 3.8) is 0 Å². The highest BCUT2D eigenvalue weighted by atomic mass is 19.3. The third-order valence-electron chi connectivity index (χ3n) is 3.33. The maximum absolute atomic E-state index is 13.1. The topological polar surface area (TPSA) is 54.7 Å². The van der Waals surface area contributed by atoms with Crippen LogP contribution in [0.4, 0.5) is 8.78 Å². The molecule has 0 aromatic carbocycles. The van der Waals surface area contributed by atoms with Gasteiger partial charge in [0.1, 0.15) is 5.82 Å². The van der Waals surface area contributed by atoms with Crippen molar-refractivity contribution in [2.24, 2.45) is 5.73 Å². The summed E-state index contributed by atoms with van der Waals surface area (Å²) >= 11 is 0. The highest BCUT2D eigenvalue weighted by molar-refractivity contribution is 5.11. The van der Waals surface area contributed by atoms with Crippen molar-refractivity contribution >= 4 is 0 Å². The number of alkyl halides is 2. The Balaban J connectivity index is 2.19. The van der Waals surface area contributed by atoms with Gasteiger partial charge in [-0.2, -0.15) is 0 Å². The van der Waals surface area contributed by atoms with Gasteiger partial charge in [-0.05, 0) is 12.8 Å². The number of imidazole rings is 1. The molecule has 1 aliphatic carbocycles. The monoisotopic (exact) mass is 215 g/mol. The number of H-pyrrole nitrogens is 1. The standard InChI is InChI=1S/C10H15F2N3/c11-10(12)3-1-9(7-13,2-4-10)8-14-5-6-15-8/h5-6H,1-4,7,13H2,(H,14,15). The molecular formula is C10H15F2N3. The molecule has 1 saturated carbocycles. The SMILES string of the molecule is NCC1(c2ncc[nH]2)CCC(F)(F)CC1. The first-order valence-corrected chi connectivity index (χ1v) is 5.16. The minimum Gasteiger partial charge on any atom is -0.348 e. The lowest BCUT2D eigenvalue weighted by molar-refractivity contribution is -0.0518. The van der Waals surface area contributed by atoms with Gasteiger partial charge in [-0.15, -0.1) is 0 Å². The third kappa shape index (κ3) is 1.88. The van der Waals surface area contributed by atoms with E-state index >= 15 is 0 Å². The van der Waals surface area contributed by atoms with E-state index in [0.717, 1.165) is 5.82 Å². The number of nitrogens with two attached hydrogens (primary N) is 1. The molecule has 0 unspecified atom stereocenters. The number of aromatic amines is 1. The molecule has 2 rings (SSSR count). The third-order valence-corrected chi connectivity index (χ3v) is 3.33. The van der Waals surface area contributed by atoms with Gasteiger partial charge in [0.15, 0.2) is 0 Å². The quantitative estimate of drug-likeness (QED) is 0.790. The van der Waals surface area contributed by atoms with Crippen LogP contribution in [0.15, 0.2) is 12.4 Å². The molecule has 3 N–H and O–H groups in total. The maximum atomic E-state index is 13.1. The van der Waals surface area contributed by atoms with Crippen LogP contribution in [0.2, 0.25) is 0 Å². The molecule has 5 heteroatoms. The van der Waals surface area contributed by atoms with E-state index in [2.05, 4.69) is 9.97 Å². The molecule has 0 saturated heterocycles. The summed E-state index contributed by atoms with van der Waals surface area (Å²) in [7, 11) is 0. The van der Waals surface area contributed by atoms with Gasteiger partial charge in [0, 0.05) is 37.2 Å². The molecule has 0 amide bonds. The zero-order valence-corrected chi connectivity index (χ0v) is 8.47. The summed E-state index contributed by atoms with van der Waals surface area (Å²) in [6, 6.07) is 0. The fourth-order valence-corrected chi connectivity index (χ4v) is 2.19. The highest BCUT2D eigenvalue weighted by Crippen LogP contribution is 2.43. The predicted molar refractivity (Wildman–Crippen MR) is 52.7 cm³/mol. The Labute approximate surface area is 87.1 Å². The minimum atomic E-state index is -2.52. The average molecular weight is 215 g/mol. The van der Waals surface area contributed by atoms with Crippen LogP contribution in [0.25, 0.3) is 0 Å². The van der Waals surface area contributed by atoms with E-state index in [9.17, 15) is 8.78 Å². The first-order chi connectivity index (χ1) is 7.08. The summed E-state index contributed by atoms with van der Waals surface area (Å²) in [4.78, 5) is 7.14. The van der Waals surface area contributed by atoms with Crippen molar-refractivity contribution in [2.45, 2.75) is 37.0 Å². The van der Waals surface area contributed by atoms with E-state index in [1.54, 1.807) is 12.4 Å². The number of nitrogens with one attached hydrogen (secondary N) is 1. The number of hydrogen-bond acceptors (Lipinski definition) is 2. The molecule has 1 fully saturated rings. The molecule has 1 aliphatic rings. The van der Waals surface area contributed by atoms with Crippen LogP contribution >= 0.6 is 0 Å². The van der Waals surface area contributed by atoms with E-state index in [1.165, 1.54) is 0 Å².